The standard InChI is InChI=1S/2C21H28N2O3.C20H26N2O3/c2*1-25-20-7-4-5-17(13-20)9-10-18-6-2-3-8-21(18)26-15-19(24)14-23-12-11-22-16-23;23-18-6-3-4-16(12-18)8-9-17-5-1-2-7-20(17)25-14-19(24)13-22-11-10-21-15-22/h2*2-8,13,19,22,24H,9-12,14-16H2,1H3;1-7,12,19,21,23-24H,8-11,13-15H2/t19-;;19-/m1.0/s1. The fourth-order valence-electron chi connectivity index (χ4n) is 9.50. The first-order valence-electron chi connectivity index (χ1n) is 27.2. The van der Waals surface area contributed by atoms with Gasteiger partial charge < -0.3 is 60.1 Å². The Morgan fingerprint density at radius 3 is 1.08 bits per heavy atom. The summed E-state index contributed by atoms with van der Waals surface area (Å²) < 4.78 is 28.3. The van der Waals surface area contributed by atoms with E-state index in [-0.39, 0.29) is 0 Å². The van der Waals surface area contributed by atoms with Gasteiger partial charge in [0, 0.05) is 78.9 Å². The molecule has 414 valence electrons. The van der Waals surface area contributed by atoms with Crippen molar-refractivity contribution in [3.05, 3.63) is 179 Å². The van der Waals surface area contributed by atoms with Gasteiger partial charge in [-0.2, -0.15) is 0 Å². The average Bonchev–Trinajstić information content (AvgIpc) is 4.30. The van der Waals surface area contributed by atoms with Crippen LogP contribution in [0.1, 0.15) is 33.4 Å². The number of phenolic OH excluding ortho intramolecular Hbond substituents is 1. The van der Waals surface area contributed by atoms with E-state index < -0.39 is 18.3 Å². The molecule has 0 spiro atoms. The minimum absolute atomic E-state index is 0.291. The molecule has 9 rings (SSSR count). The highest BCUT2D eigenvalue weighted by atomic mass is 16.5. The Labute approximate surface area is 456 Å². The number of aliphatic hydroxyl groups is 3. The maximum Gasteiger partial charge on any atom is 0.122 e. The molecule has 0 aliphatic carbocycles. The van der Waals surface area contributed by atoms with Crippen LogP contribution in [0.2, 0.25) is 0 Å². The molecule has 3 atom stereocenters. The van der Waals surface area contributed by atoms with E-state index in [1.54, 1.807) is 26.4 Å². The van der Waals surface area contributed by atoms with Gasteiger partial charge in [-0.3, -0.25) is 14.7 Å². The second kappa shape index (κ2) is 32.5. The van der Waals surface area contributed by atoms with Gasteiger partial charge in [-0.1, -0.05) is 91.0 Å². The third-order valence-corrected chi connectivity index (χ3v) is 13.7. The Bertz CT molecular complexity index is 2490. The molecule has 3 aliphatic heterocycles. The number of nitrogens with one attached hydrogen (secondary N) is 3. The number of para-hydroxylation sites is 3. The number of aromatic hydroxyl groups is 1. The van der Waals surface area contributed by atoms with Crippen LogP contribution in [0, 0.1) is 0 Å². The van der Waals surface area contributed by atoms with E-state index in [4.69, 9.17) is 23.7 Å². The molecule has 77 heavy (non-hydrogen) atoms. The van der Waals surface area contributed by atoms with Crippen LogP contribution in [-0.4, -0.2) is 166 Å². The largest absolute Gasteiger partial charge is 0.508 e. The molecule has 15 heteroatoms. The van der Waals surface area contributed by atoms with Crippen molar-refractivity contribution < 1.29 is 44.1 Å². The van der Waals surface area contributed by atoms with Gasteiger partial charge in [0.2, 0.25) is 0 Å². The molecule has 0 amide bonds. The van der Waals surface area contributed by atoms with Crippen molar-refractivity contribution in [1.29, 1.82) is 0 Å². The van der Waals surface area contributed by atoms with Crippen LogP contribution in [0.4, 0.5) is 0 Å². The molecule has 15 nitrogen and oxygen atoms in total. The summed E-state index contributed by atoms with van der Waals surface area (Å²) >= 11 is 0. The summed E-state index contributed by atoms with van der Waals surface area (Å²) in [6.07, 6.45) is 3.79. The maximum absolute atomic E-state index is 10.2. The second-order valence-electron chi connectivity index (χ2n) is 19.8. The summed E-state index contributed by atoms with van der Waals surface area (Å²) in [6.45, 7) is 11.2. The van der Waals surface area contributed by atoms with Crippen LogP contribution in [-0.2, 0) is 38.5 Å². The number of hydrogen-bond donors (Lipinski definition) is 7. The Morgan fingerprint density at radius 2 is 0.753 bits per heavy atom. The van der Waals surface area contributed by atoms with Gasteiger partial charge in [-0.15, -0.1) is 0 Å². The van der Waals surface area contributed by atoms with Crippen molar-refractivity contribution in [2.45, 2.75) is 56.8 Å². The highest BCUT2D eigenvalue weighted by Gasteiger charge is 2.19. The number of aliphatic hydroxyl groups excluding tert-OH is 3. The first-order chi connectivity index (χ1) is 37.7. The quantitative estimate of drug-likeness (QED) is 0.0340. The smallest absolute Gasteiger partial charge is 0.122 e. The predicted molar refractivity (Wildman–Crippen MR) is 303 cm³/mol. The second-order valence-corrected chi connectivity index (χ2v) is 19.8. The zero-order valence-corrected chi connectivity index (χ0v) is 45.1. The summed E-state index contributed by atoms with van der Waals surface area (Å²) in [6, 6.07) is 47.7. The number of hydrogen-bond acceptors (Lipinski definition) is 15. The van der Waals surface area contributed by atoms with Crippen LogP contribution in [0.15, 0.2) is 146 Å². The monoisotopic (exact) mass is 1050 g/mol. The van der Waals surface area contributed by atoms with Gasteiger partial charge >= 0.3 is 0 Å². The Balaban J connectivity index is 0.000000168. The predicted octanol–water partition coefficient (Wildman–Crippen LogP) is 5.95. The number of methoxy groups -OCH3 is 2. The molecular weight excluding hydrogens is 973 g/mol. The molecule has 0 bridgehead atoms. The van der Waals surface area contributed by atoms with E-state index in [2.05, 4.69) is 73.1 Å². The van der Waals surface area contributed by atoms with Crippen LogP contribution in [0.3, 0.4) is 0 Å². The summed E-state index contributed by atoms with van der Waals surface area (Å²) in [5.41, 5.74) is 6.99. The molecule has 6 aromatic carbocycles. The van der Waals surface area contributed by atoms with E-state index in [1.165, 1.54) is 11.1 Å². The average molecular weight is 1060 g/mol. The molecule has 0 aromatic heterocycles. The minimum atomic E-state index is -0.501. The van der Waals surface area contributed by atoms with E-state index in [0.717, 1.165) is 149 Å². The van der Waals surface area contributed by atoms with E-state index in [9.17, 15) is 20.4 Å². The zero-order chi connectivity index (χ0) is 53.9. The number of rotatable bonds is 26. The third kappa shape index (κ3) is 20.9. The van der Waals surface area contributed by atoms with Gasteiger partial charge in [0.1, 0.15) is 72.6 Å². The van der Waals surface area contributed by atoms with Crippen molar-refractivity contribution >= 4 is 0 Å². The minimum Gasteiger partial charge on any atom is -0.508 e. The summed E-state index contributed by atoms with van der Waals surface area (Å²) in [5.74, 6) is 4.59. The molecule has 3 aliphatic rings. The number of phenols is 1. The number of benzene rings is 6. The lowest BCUT2D eigenvalue weighted by atomic mass is 10.0. The summed E-state index contributed by atoms with van der Waals surface area (Å²) in [5, 5.41) is 50.0. The van der Waals surface area contributed by atoms with Crippen LogP contribution >= 0.6 is 0 Å². The van der Waals surface area contributed by atoms with Crippen LogP contribution in [0.25, 0.3) is 0 Å². The van der Waals surface area contributed by atoms with Crippen molar-refractivity contribution in [3.8, 4) is 34.5 Å². The van der Waals surface area contributed by atoms with Crippen molar-refractivity contribution in [3.63, 3.8) is 0 Å². The summed E-state index contributed by atoms with van der Waals surface area (Å²) in [4.78, 5) is 6.58. The molecule has 3 saturated heterocycles. The molecule has 1 unspecified atom stereocenters. The van der Waals surface area contributed by atoms with Crippen molar-refractivity contribution in [1.82, 2.24) is 30.7 Å². The van der Waals surface area contributed by atoms with Gasteiger partial charge in [0.15, 0.2) is 0 Å². The number of ether oxygens (including phenoxy) is 5. The molecule has 6 aromatic rings. The first kappa shape index (κ1) is 58.4. The normalized spacial score (nSPS) is 15.9. The maximum atomic E-state index is 10.2. The van der Waals surface area contributed by atoms with Gasteiger partial charge in [0.25, 0.3) is 0 Å². The van der Waals surface area contributed by atoms with Crippen molar-refractivity contribution in [2.75, 3.05) is 113 Å². The highest BCUT2D eigenvalue weighted by Crippen LogP contribution is 2.25. The molecular formula is C62H82N6O9. The molecule has 3 heterocycles. The Morgan fingerprint density at radius 1 is 0.416 bits per heavy atom. The summed E-state index contributed by atoms with van der Waals surface area (Å²) in [7, 11) is 3.37. The molecule has 3 fully saturated rings. The lowest BCUT2D eigenvalue weighted by Gasteiger charge is -2.20. The van der Waals surface area contributed by atoms with Gasteiger partial charge in [-0.05, 0) is 127 Å². The van der Waals surface area contributed by atoms with E-state index in [1.807, 2.05) is 91.0 Å². The molecule has 0 saturated carbocycles. The first-order valence-corrected chi connectivity index (χ1v) is 27.2. The van der Waals surface area contributed by atoms with Crippen LogP contribution in [0.5, 0.6) is 34.5 Å². The van der Waals surface area contributed by atoms with E-state index >= 15 is 0 Å². The lowest BCUT2D eigenvalue weighted by molar-refractivity contribution is 0.0750. The van der Waals surface area contributed by atoms with Crippen molar-refractivity contribution in [2.24, 2.45) is 0 Å². The topological polar surface area (TPSA) is 173 Å². The van der Waals surface area contributed by atoms with Gasteiger partial charge in [0.05, 0.1) is 14.2 Å². The number of aryl methyl sites for hydroxylation is 6. The lowest BCUT2D eigenvalue weighted by Crippen LogP contribution is -2.34. The van der Waals surface area contributed by atoms with Gasteiger partial charge in [-0.25, -0.2) is 0 Å². The third-order valence-electron chi connectivity index (χ3n) is 13.7. The number of β-amino-alcohol motifs (C(OH)–C–C–N with tert-alkyl or cyclic N) is 3. The molecule has 0 radical (unpaired) electrons. The zero-order valence-electron chi connectivity index (χ0n) is 45.1. The Kier molecular flexibility index (Phi) is 24.7. The highest BCUT2D eigenvalue weighted by molar-refractivity contribution is 5.38. The molecule has 7 N–H and O–H groups in total. The SMILES string of the molecule is COc1cccc(CCc2ccccc2OCC(O)CN2CCNC2)c1.COc1cccc(CCc2ccccc2OC[C@H](O)CN2CCNC2)c1.Oc1cccc(CCc2ccccc2OC[C@@H](O)CN2CCNC2)c1. The van der Waals surface area contributed by atoms with Crippen LogP contribution < -0.4 is 39.6 Å². The fraction of sp³-hybridized carbons (Fsp3) is 0.419. The van der Waals surface area contributed by atoms with E-state index in [0.29, 0.717) is 45.2 Å². The fourth-order valence-corrected chi connectivity index (χ4v) is 9.50. The Hall–Kier alpha value is -6.24. The number of nitrogens with zero attached hydrogens (tertiary/aromatic N) is 3.